The minimum Gasteiger partial charge on any atom is -0.326 e. The lowest BCUT2D eigenvalue weighted by Gasteiger charge is -2.22. The van der Waals surface area contributed by atoms with Gasteiger partial charge in [0, 0.05) is 17.7 Å². The van der Waals surface area contributed by atoms with E-state index in [1.807, 2.05) is 0 Å². The lowest BCUT2D eigenvalue weighted by Crippen LogP contribution is -2.21. The molecule has 1 aromatic carbocycles. The summed E-state index contributed by atoms with van der Waals surface area (Å²) in [4.78, 5) is 0. The van der Waals surface area contributed by atoms with E-state index in [1.54, 1.807) is 0 Å². The SMILES string of the molecule is CC(C)(C)c1c(F)c(F)c(CN)c(F)c1F. The number of nitrogens with two attached hydrogens (primary N) is 1. The highest BCUT2D eigenvalue weighted by Gasteiger charge is 2.31. The van der Waals surface area contributed by atoms with Crippen LogP contribution in [0, 0.1) is 23.3 Å². The molecule has 0 heterocycles. The Morgan fingerprint density at radius 1 is 0.875 bits per heavy atom. The fourth-order valence-electron chi connectivity index (χ4n) is 1.51. The van der Waals surface area contributed by atoms with Gasteiger partial charge in [0.2, 0.25) is 0 Å². The normalized spacial score (nSPS) is 12.0. The first kappa shape index (κ1) is 13.0. The third-order valence-corrected chi connectivity index (χ3v) is 2.31. The van der Waals surface area contributed by atoms with Crippen molar-refractivity contribution in [1.82, 2.24) is 0 Å². The molecule has 16 heavy (non-hydrogen) atoms. The third kappa shape index (κ3) is 1.91. The summed E-state index contributed by atoms with van der Waals surface area (Å²) >= 11 is 0. The molecule has 0 unspecified atom stereocenters. The van der Waals surface area contributed by atoms with Crippen LogP contribution < -0.4 is 5.73 Å². The van der Waals surface area contributed by atoms with Crippen molar-refractivity contribution in [3.63, 3.8) is 0 Å². The highest BCUT2D eigenvalue weighted by molar-refractivity contribution is 5.33. The molecular formula is C11H13F4N. The molecule has 90 valence electrons. The van der Waals surface area contributed by atoms with Gasteiger partial charge < -0.3 is 5.73 Å². The predicted molar refractivity (Wildman–Crippen MR) is 52.9 cm³/mol. The Hall–Kier alpha value is -1.10. The molecule has 0 bridgehead atoms. The van der Waals surface area contributed by atoms with Crippen LogP contribution in [0.1, 0.15) is 31.9 Å². The number of benzene rings is 1. The molecule has 0 amide bonds. The van der Waals surface area contributed by atoms with Crippen LogP contribution in [0.5, 0.6) is 0 Å². The van der Waals surface area contributed by atoms with Crippen LogP contribution in [0.15, 0.2) is 0 Å². The molecule has 0 aromatic heterocycles. The summed E-state index contributed by atoms with van der Waals surface area (Å²) in [5.41, 5.74) is 2.65. The monoisotopic (exact) mass is 235 g/mol. The van der Waals surface area contributed by atoms with Gasteiger partial charge >= 0.3 is 0 Å². The van der Waals surface area contributed by atoms with E-state index in [0.717, 1.165) is 0 Å². The fraction of sp³-hybridized carbons (Fsp3) is 0.455. The van der Waals surface area contributed by atoms with E-state index in [9.17, 15) is 17.6 Å². The van der Waals surface area contributed by atoms with Crippen molar-refractivity contribution in [1.29, 1.82) is 0 Å². The van der Waals surface area contributed by atoms with Gasteiger partial charge in [-0.15, -0.1) is 0 Å². The van der Waals surface area contributed by atoms with E-state index in [1.165, 1.54) is 20.8 Å². The first-order valence-corrected chi connectivity index (χ1v) is 4.77. The minimum absolute atomic E-state index is 0.587. The maximum absolute atomic E-state index is 13.5. The molecular weight excluding hydrogens is 222 g/mol. The minimum atomic E-state index is -1.41. The number of halogens is 4. The van der Waals surface area contributed by atoms with E-state index in [0.29, 0.717) is 0 Å². The Labute approximate surface area is 91.3 Å². The van der Waals surface area contributed by atoms with E-state index in [2.05, 4.69) is 0 Å². The zero-order valence-electron chi connectivity index (χ0n) is 9.30. The van der Waals surface area contributed by atoms with Gasteiger partial charge in [0.25, 0.3) is 0 Å². The van der Waals surface area contributed by atoms with E-state index < -0.39 is 46.4 Å². The van der Waals surface area contributed by atoms with Crippen molar-refractivity contribution in [2.24, 2.45) is 5.73 Å². The molecule has 1 rings (SSSR count). The molecule has 0 aliphatic carbocycles. The Morgan fingerprint density at radius 3 is 1.50 bits per heavy atom. The Bertz CT molecular complexity index is 392. The van der Waals surface area contributed by atoms with Gasteiger partial charge in [-0.3, -0.25) is 0 Å². The zero-order valence-corrected chi connectivity index (χ0v) is 9.30. The second kappa shape index (κ2) is 4.05. The summed E-state index contributed by atoms with van der Waals surface area (Å²) in [6, 6.07) is 0. The van der Waals surface area contributed by atoms with Gasteiger partial charge in [-0.25, -0.2) is 17.6 Å². The summed E-state index contributed by atoms with van der Waals surface area (Å²) in [5, 5.41) is 0. The fourth-order valence-corrected chi connectivity index (χ4v) is 1.51. The van der Waals surface area contributed by atoms with E-state index >= 15 is 0 Å². The quantitative estimate of drug-likeness (QED) is 0.587. The van der Waals surface area contributed by atoms with E-state index in [-0.39, 0.29) is 0 Å². The van der Waals surface area contributed by atoms with Crippen LogP contribution >= 0.6 is 0 Å². The van der Waals surface area contributed by atoms with Gasteiger partial charge in [-0.2, -0.15) is 0 Å². The summed E-state index contributed by atoms with van der Waals surface area (Å²) in [7, 11) is 0. The van der Waals surface area contributed by atoms with Crippen LogP contribution in [0.3, 0.4) is 0 Å². The lowest BCUT2D eigenvalue weighted by molar-refractivity contribution is 0.395. The van der Waals surface area contributed by atoms with Gasteiger partial charge in [-0.1, -0.05) is 20.8 Å². The topological polar surface area (TPSA) is 26.0 Å². The van der Waals surface area contributed by atoms with Crippen LogP contribution in [-0.2, 0) is 12.0 Å². The van der Waals surface area contributed by atoms with Crippen molar-refractivity contribution in [2.45, 2.75) is 32.7 Å². The molecule has 2 N–H and O–H groups in total. The summed E-state index contributed by atoms with van der Waals surface area (Å²) < 4.78 is 53.8. The summed E-state index contributed by atoms with van der Waals surface area (Å²) in [6.45, 7) is 3.82. The standard InChI is InChI=1S/C11H13F4N/c1-11(2,3)6-9(14)7(12)5(4-16)8(13)10(6)15/h4,16H2,1-3H3. The van der Waals surface area contributed by atoms with Gasteiger partial charge in [0.05, 0.1) is 0 Å². The third-order valence-electron chi connectivity index (χ3n) is 2.31. The Morgan fingerprint density at radius 2 is 1.25 bits per heavy atom. The molecule has 0 aliphatic rings. The lowest BCUT2D eigenvalue weighted by atomic mass is 9.85. The van der Waals surface area contributed by atoms with E-state index in [4.69, 9.17) is 5.73 Å². The molecule has 0 fully saturated rings. The molecule has 0 saturated heterocycles. The molecule has 0 radical (unpaired) electrons. The van der Waals surface area contributed by atoms with Crippen molar-refractivity contribution in [3.8, 4) is 0 Å². The van der Waals surface area contributed by atoms with Gasteiger partial charge in [0.15, 0.2) is 23.3 Å². The van der Waals surface area contributed by atoms with Crippen LogP contribution in [-0.4, -0.2) is 0 Å². The number of hydrogen-bond donors (Lipinski definition) is 1. The molecule has 0 aliphatic heterocycles. The maximum Gasteiger partial charge on any atom is 0.166 e. The zero-order chi connectivity index (χ0) is 12.7. The molecule has 0 spiro atoms. The van der Waals surface area contributed by atoms with Crippen molar-refractivity contribution in [2.75, 3.05) is 0 Å². The second-order valence-electron chi connectivity index (χ2n) is 4.56. The molecule has 1 aromatic rings. The first-order valence-electron chi connectivity index (χ1n) is 4.77. The molecule has 1 nitrogen and oxygen atoms in total. The Kier molecular flexibility index (Phi) is 3.28. The number of rotatable bonds is 1. The smallest absolute Gasteiger partial charge is 0.166 e. The largest absolute Gasteiger partial charge is 0.326 e. The summed E-state index contributed by atoms with van der Waals surface area (Å²) in [6.07, 6.45) is 0. The van der Waals surface area contributed by atoms with Gasteiger partial charge in [0.1, 0.15) is 0 Å². The van der Waals surface area contributed by atoms with Crippen molar-refractivity contribution >= 4 is 0 Å². The highest BCUT2D eigenvalue weighted by atomic mass is 19.2. The molecule has 0 atom stereocenters. The van der Waals surface area contributed by atoms with Gasteiger partial charge in [-0.05, 0) is 5.41 Å². The second-order valence-corrected chi connectivity index (χ2v) is 4.56. The van der Waals surface area contributed by atoms with Crippen LogP contribution in [0.4, 0.5) is 17.6 Å². The predicted octanol–water partition coefficient (Wildman–Crippen LogP) is 3.00. The van der Waals surface area contributed by atoms with Crippen molar-refractivity contribution < 1.29 is 17.6 Å². The summed E-state index contributed by atoms with van der Waals surface area (Å²) in [5.74, 6) is -5.56. The average molecular weight is 235 g/mol. The average Bonchev–Trinajstić information content (AvgIpc) is 2.14. The first-order chi connectivity index (χ1) is 7.21. The van der Waals surface area contributed by atoms with Crippen LogP contribution in [0.2, 0.25) is 0 Å². The maximum atomic E-state index is 13.5. The molecule has 5 heteroatoms. The van der Waals surface area contributed by atoms with Crippen molar-refractivity contribution in [3.05, 3.63) is 34.4 Å². The molecule has 0 saturated carbocycles. The van der Waals surface area contributed by atoms with Crippen LogP contribution in [0.25, 0.3) is 0 Å². The highest BCUT2D eigenvalue weighted by Crippen LogP contribution is 2.32. The Balaban J connectivity index is 3.67. The number of hydrogen-bond acceptors (Lipinski definition) is 1.